The fourth-order valence-corrected chi connectivity index (χ4v) is 2.45. The quantitative estimate of drug-likeness (QED) is 0.773. The number of esters is 1. The van der Waals surface area contributed by atoms with E-state index >= 15 is 0 Å². The molecule has 21 heavy (non-hydrogen) atoms. The van der Waals surface area contributed by atoms with Gasteiger partial charge in [0.05, 0.1) is 17.2 Å². The monoisotopic (exact) mass is 331 g/mol. The van der Waals surface area contributed by atoms with Crippen LogP contribution in [0.1, 0.15) is 23.7 Å². The molecule has 2 unspecified atom stereocenters. The molecule has 1 amide bonds. The van der Waals surface area contributed by atoms with E-state index in [2.05, 4.69) is 5.32 Å². The SMILES string of the molecule is CCOC(=O)C(CCS(C)=O)NC(=O)c1ccccc1Cl. The molecule has 1 rings (SSSR count). The molecule has 7 heteroatoms. The Morgan fingerprint density at radius 1 is 1.38 bits per heavy atom. The van der Waals surface area contributed by atoms with Crippen LogP contribution in [-0.4, -0.2) is 40.7 Å². The Kier molecular flexibility index (Phi) is 7.39. The lowest BCUT2D eigenvalue weighted by molar-refractivity contribution is -0.145. The Hall–Kier alpha value is -1.40. The second-order valence-corrected chi connectivity index (χ2v) is 6.29. The zero-order chi connectivity index (χ0) is 15.8. The second kappa shape index (κ2) is 8.79. The first kappa shape index (κ1) is 17.7. The highest BCUT2D eigenvalue weighted by Gasteiger charge is 2.23. The molecule has 5 nitrogen and oxygen atoms in total. The maximum absolute atomic E-state index is 12.2. The Morgan fingerprint density at radius 3 is 2.62 bits per heavy atom. The third kappa shape index (κ3) is 5.85. The van der Waals surface area contributed by atoms with Crippen LogP contribution in [0, 0.1) is 0 Å². The molecule has 0 spiro atoms. The van der Waals surface area contributed by atoms with Gasteiger partial charge in [-0.15, -0.1) is 0 Å². The van der Waals surface area contributed by atoms with Gasteiger partial charge < -0.3 is 10.1 Å². The van der Waals surface area contributed by atoms with Gasteiger partial charge in [0, 0.05) is 22.8 Å². The summed E-state index contributed by atoms with van der Waals surface area (Å²) in [4.78, 5) is 24.0. The van der Waals surface area contributed by atoms with Gasteiger partial charge in [-0.2, -0.15) is 0 Å². The molecule has 1 N–H and O–H groups in total. The van der Waals surface area contributed by atoms with Crippen LogP contribution in [0.2, 0.25) is 5.02 Å². The highest BCUT2D eigenvalue weighted by atomic mass is 35.5. The first-order chi connectivity index (χ1) is 9.95. The number of halogens is 1. The van der Waals surface area contributed by atoms with Crippen LogP contribution in [0.25, 0.3) is 0 Å². The van der Waals surface area contributed by atoms with E-state index in [1.54, 1.807) is 31.2 Å². The zero-order valence-electron chi connectivity index (χ0n) is 11.9. The van der Waals surface area contributed by atoms with Crippen LogP contribution in [0.15, 0.2) is 24.3 Å². The van der Waals surface area contributed by atoms with Crippen LogP contribution in [0.4, 0.5) is 0 Å². The molecule has 1 aromatic carbocycles. The van der Waals surface area contributed by atoms with Crippen molar-refractivity contribution in [1.29, 1.82) is 0 Å². The van der Waals surface area contributed by atoms with Gasteiger partial charge >= 0.3 is 5.97 Å². The first-order valence-corrected chi connectivity index (χ1v) is 8.58. The minimum atomic E-state index is -1.06. The predicted octanol–water partition coefficient (Wildman–Crippen LogP) is 1.77. The summed E-state index contributed by atoms with van der Waals surface area (Å²) in [6.45, 7) is 1.90. The van der Waals surface area contributed by atoms with Crippen LogP contribution < -0.4 is 5.32 Å². The van der Waals surface area contributed by atoms with E-state index in [1.165, 1.54) is 6.26 Å². The lowest BCUT2D eigenvalue weighted by Gasteiger charge is -2.17. The summed E-state index contributed by atoms with van der Waals surface area (Å²) in [5.74, 6) is -0.698. The lowest BCUT2D eigenvalue weighted by atomic mass is 10.1. The van der Waals surface area contributed by atoms with Gasteiger partial charge in [-0.05, 0) is 25.5 Å². The van der Waals surface area contributed by atoms with Crippen molar-refractivity contribution in [1.82, 2.24) is 5.32 Å². The van der Waals surface area contributed by atoms with Crippen LogP contribution in [-0.2, 0) is 20.3 Å². The van der Waals surface area contributed by atoms with Gasteiger partial charge in [-0.1, -0.05) is 23.7 Å². The number of nitrogens with one attached hydrogen (secondary N) is 1. The highest BCUT2D eigenvalue weighted by molar-refractivity contribution is 7.84. The number of carbonyl (C=O) groups is 2. The normalized spacial score (nSPS) is 13.3. The first-order valence-electron chi connectivity index (χ1n) is 6.47. The predicted molar refractivity (Wildman–Crippen MR) is 82.9 cm³/mol. The van der Waals surface area contributed by atoms with Crippen molar-refractivity contribution in [3.05, 3.63) is 34.9 Å². The van der Waals surface area contributed by atoms with E-state index in [0.717, 1.165) is 0 Å². The van der Waals surface area contributed by atoms with E-state index in [-0.39, 0.29) is 18.6 Å². The Labute approximate surface area is 131 Å². The lowest BCUT2D eigenvalue weighted by Crippen LogP contribution is -2.42. The molecular formula is C14H18ClNO4S. The van der Waals surface area contributed by atoms with Crippen LogP contribution >= 0.6 is 11.6 Å². The third-order valence-electron chi connectivity index (χ3n) is 2.69. The summed E-state index contributed by atoms with van der Waals surface area (Å²) in [6, 6.07) is 5.72. The standard InChI is InChI=1S/C14H18ClNO4S/c1-3-20-14(18)12(8-9-21(2)19)16-13(17)10-6-4-5-7-11(10)15/h4-7,12H,3,8-9H2,1-2H3,(H,16,17). The van der Waals surface area contributed by atoms with Crippen molar-refractivity contribution >= 4 is 34.3 Å². The van der Waals surface area contributed by atoms with E-state index in [1.807, 2.05) is 0 Å². The van der Waals surface area contributed by atoms with Gasteiger partial charge in [0.15, 0.2) is 0 Å². The molecule has 0 saturated carbocycles. The minimum Gasteiger partial charge on any atom is -0.464 e. The molecular weight excluding hydrogens is 314 g/mol. The smallest absolute Gasteiger partial charge is 0.328 e. The Bertz CT molecular complexity index is 535. The molecule has 1 aromatic rings. The summed E-state index contributed by atoms with van der Waals surface area (Å²) in [7, 11) is -1.06. The fourth-order valence-electron chi connectivity index (χ4n) is 1.66. The molecule has 0 heterocycles. The molecule has 0 fully saturated rings. The number of amides is 1. The summed E-state index contributed by atoms with van der Waals surface area (Å²) >= 11 is 5.95. The highest BCUT2D eigenvalue weighted by Crippen LogP contribution is 2.15. The van der Waals surface area contributed by atoms with Gasteiger partial charge in [0.2, 0.25) is 0 Å². The average Bonchev–Trinajstić information content (AvgIpc) is 2.43. The summed E-state index contributed by atoms with van der Waals surface area (Å²) < 4.78 is 16.1. The fraction of sp³-hybridized carbons (Fsp3) is 0.429. The molecule has 0 aromatic heterocycles. The van der Waals surface area contributed by atoms with E-state index < -0.39 is 28.7 Å². The number of rotatable bonds is 7. The van der Waals surface area contributed by atoms with Gasteiger partial charge in [0.25, 0.3) is 5.91 Å². The third-order valence-corrected chi connectivity index (χ3v) is 3.83. The van der Waals surface area contributed by atoms with Crippen molar-refractivity contribution in [3.63, 3.8) is 0 Å². The summed E-state index contributed by atoms with van der Waals surface area (Å²) in [5, 5.41) is 2.88. The zero-order valence-corrected chi connectivity index (χ0v) is 13.5. The molecule has 0 bridgehead atoms. The van der Waals surface area contributed by atoms with Crippen molar-refractivity contribution in [2.75, 3.05) is 18.6 Å². The number of ether oxygens (including phenoxy) is 1. The summed E-state index contributed by atoms with van der Waals surface area (Å²) in [6.07, 6.45) is 1.79. The van der Waals surface area contributed by atoms with Crippen molar-refractivity contribution < 1.29 is 18.5 Å². The van der Waals surface area contributed by atoms with E-state index in [4.69, 9.17) is 16.3 Å². The summed E-state index contributed by atoms with van der Waals surface area (Å²) in [5.41, 5.74) is 0.283. The maximum Gasteiger partial charge on any atom is 0.328 e. The number of benzene rings is 1. The largest absolute Gasteiger partial charge is 0.464 e. The average molecular weight is 332 g/mol. The number of hydrogen-bond donors (Lipinski definition) is 1. The van der Waals surface area contributed by atoms with E-state index in [9.17, 15) is 13.8 Å². The number of hydrogen-bond acceptors (Lipinski definition) is 4. The van der Waals surface area contributed by atoms with Crippen molar-refractivity contribution in [2.45, 2.75) is 19.4 Å². The Morgan fingerprint density at radius 2 is 2.05 bits per heavy atom. The molecule has 0 radical (unpaired) electrons. The van der Waals surface area contributed by atoms with Crippen LogP contribution in [0.5, 0.6) is 0 Å². The molecule has 116 valence electrons. The number of carbonyl (C=O) groups excluding carboxylic acids is 2. The second-order valence-electron chi connectivity index (χ2n) is 4.32. The maximum atomic E-state index is 12.2. The Balaban J connectivity index is 2.79. The molecule has 0 aliphatic rings. The van der Waals surface area contributed by atoms with Crippen molar-refractivity contribution in [2.24, 2.45) is 0 Å². The molecule has 0 saturated heterocycles. The van der Waals surface area contributed by atoms with Crippen LogP contribution in [0.3, 0.4) is 0 Å². The molecule has 0 aliphatic carbocycles. The van der Waals surface area contributed by atoms with E-state index in [0.29, 0.717) is 10.8 Å². The van der Waals surface area contributed by atoms with Crippen molar-refractivity contribution in [3.8, 4) is 0 Å². The minimum absolute atomic E-state index is 0.215. The molecule has 2 atom stereocenters. The van der Waals surface area contributed by atoms with Gasteiger partial charge in [0.1, 0.15) is 6.04 Å². The van der Waals surface area contributed by atoms with Gasteiger partial charge in [-0.25, -0.2) is 4.79 Å². The molecule has 0 aliphatic heterocycles. The van der Waals surface area contributed by atoms with Gasteiger partial charge in [-0.3, -0.25) is 9.00 Å². The topological polar surface area (TPSA) is 72.5 Å².